The average Bonchev–Trinajstić information content (AvgIpc) is 2.50. The van der Waals surface area contributed by atoms with Crippen LogP contribution in [0.5, 0.6) is 0 Å². The van der Waals surface area contributed by atoms with Crippen LogP contribution in [0.15, 0.2) is 30.3 Å². The molecule has 5 heteroatoms. The highest BCUT2D eigenvalue weighted by Crippen LogP contribution is 2.07. The van der Waals surface area contributed by atoms with Gasteiger partial charge in [0.1, 0.15) is 0 Å². The number of carbonyl (C=O) groups is 2. The Hall–Kier alpha value is -2.04. The first-order valence-corrected chi connectivity index (χ1v) is 7.75. The molecule has 22 heavy (non-hydrogen) atoms. The van der Waals surface area contributed by atoms with Crippen LogP contribution in [0.2, 0.25) is 0 Å². The van der Waals surface area contributed by atoms with E-state index in [1.807, 2.05) is 44.2 Å². The predicted octanol–water partition coefficient (Wildman–Crippen LogP) is 1.47. The molecule has 2 amide bonds. The molecule has 0 heterocycles. The quantitative estimate of drug-likeness (QED) is 0.763. The molecule has 0 fully saturated rings. The number of carboxylic acid groups (broad SMARTS) is 1. The number of rotatable bonds is 8. The second-order valence-corrected chi connectivity index (χ2v) is 5.73. The van der Waals surface area contributed by atoms with Crippen LogP contribution in [0.3, 0.4) is 0 Å². The molecule has 0 bridgehead atoms. The van der Waals surface area contributed by atoms with Gasteiger partial charge >= 0.3 is 6.03 Å². The number of nitrogens with one attached hydrogen (secondary N) is 2. The summed E-state index contributed by atoms with van der Waals surface area (Å²) in [4.78, 5) is 23.0. The normalized spacial score (nSPS) is 14.7. The SMILES string of the molecule is CC[C@@H](C)[C@H](NC(=O)N[C@@H](C)CCc1ccccc1)C(=O)[O-]. The van der Waals surface area contributed by atoms with Gasteiger partial charge in [-0.1, -0.05) is 50.6 Å². The smallest absolute Gasteiger partial charge is 0.315 e. The first-order valence-electron chi connectivity index (χ1n) is 7.75. The fourth-order valence-electron chi connectivity index (χ4n) is 2.18. The van der Waals surface area contributed by atoms with E-state index in [0.717, 1.165) is 12.8 Å². The first-order chi connectivity index (χ1) is 10.4. The largest absolute Gasteiger partial charge is 0.548 e. The minimum atomic E-state index is -1.25. The van der Waals surface area contributed by atoms with E-state index in [2.05, 4.69) is 10.6 Å². The Morgan fingerprint density at radius 3 is 2.32 bits per heavy atom. The highest BCUT2D eigenvalue weighted by atomic mass is 16.4. The lowest BCUT2D eigenvalue weighted by Gasteiger charge is -2.26. The van der Waals surface area contributed by atoms with Gasteiger partial charge in [-0.3, -0.25) is 0 Å². The van der Waals surface area contributed by atoms with E-state index in [-0.39, 0.29) is 12.0 Å². The van der Waals surface area contributed by atoms with Crippen LogP contribution in [0.4, 0.5) is 4.79 Å². The van der Waals surface area contributed by atoms with Gasteiger partial charge in [-0.2, -0.15) is 0 Å². The van der Waals surface area contributed by atoms with Crippen molar-refractivity contribution in [2.24, 2.45) is 5.92 Å². The average molecular weight is 305 g/mol. The van der Waals surface area contributed by atoms with Crippen molar-refractivity contribution in [3.63, 3.8) is 0 Å². The van der Waals surface area contributed by atoms with Crippen molar-refractivity contribution in [1.29, 1.82) is 0 Å². The molecule has 0 radical (unpaired) electrons. The van der Waals surface area contributed by atoms with E-state index in [4.69, 9.17) is 0 Å². The van der Waals surface area contributed by atoms with Crippen molar-refractivity contribution in [1.82, 2.24) is 10.6 Å². The predicted molar refractivity (Wildman–Crippen MR) is 84.1 cm³/mol. The number of hydrogen-bond donors (Lipinski definition) is 2. The fourth-order valence-corrected chi connectivity index (χ4v) is 2.18. The third-order valence-electron chi connectivity index (χ3n) is 3.84. The van der Waals surface area contributed by atoms with Crippen molar-refractivity contribution in [3.8, 4) is 0 Å². The molecule has 0 unspecified atom stereocenters. The first kappa shape index (κ1) is 18.0. The van der Waals surface area contributed by atoms with Crippen molar-refractivity contribution < 1.29 is 14.7 Å². The van der Waals surface area contributed by atoms with Crippen LogP contribution >= 0.6 is 0 Å². The number of aliphatic carboxylic acids is 1. The molecule has 0 saturated heterocycles. The van der Waals surface area contributed by atoms with Crippen molar-refractivity contribution >= 4 is 12.0 Å². The molecule has 0 aliphatic carbocycles. The third kappa shape index (κ3) is 6.16. The zero-order valence-electron chi connectivity index (χ0n) is 13.5. The molecular formula is C17H25N2O3-. The standard InChI is InChI=1S/C17H26N2O3/c1-4-12(2)15(16(20)21)19-17(22)18-13(3)10-11-14-8-6-5-7-9-14/h5-9,12-13,15H,4,10-11H2,1-3H3,(H,20,21)(H2,18,19,22)/p-1/t12-,13+,15+/m1/s1. The highest BCUT2D eigenvalue weighted by Gasteiger charge is 2.20. The summed E-state index contributed by atoms with van der Waals surface area (Å²) >= 11 is 0. The third-order valence-corrected chi connectivity index (χ3v) is 3.84. The summed E-state index contributed by atoms with van der Waals surface area (Å²) < 4.78 is 0. The fraction of sp³-hybridized carbons (Fsp3) is 0.529. The lowest BCUT2D eigenvalue weighted by Crippen LogP contribution is -2.55. The maximum atomic E-state index is 11.9. The summed E-state index contributed by atoms with van der Waals surface area (Å²) in [5.41, 5.74) is 1.21. The maximum Gasteiger partial charge on any atom is 0.315 e. The Bertz CT molecular complexity index is 476. The molecule has 0 saturated carbocycles. The van der Waals surface area contributed by atoms with E-state index < -0.39 is 18.0 Å². The van der Waals surface area contributed by atoms with E-state index in [0.29, 0.717) is 6.42 Å². The Morgan fingerprint density at radius 1 is 1.14 bits per heavy atom. The maximum absolute atomic E-state index is 11.9. The number of carboxylic acids is 1. The van der Waals surface area contributed by atoms with Crippen molar-refractivity contribution in [2.45, 2.75) is 52.1 Å². The Balaban J connectivity index is 2.41. The van der Waals surface area contributed by atoms with Gasteiger partial charge < -0.3 is 20.5 Å². The summed E-state index contributed by atoms with van der Waals surface area (Å²) in [6, 6.07) is 8.55. The summed E-state index contributed by atoms with van der Waals surface area (Å²) in [6.07, 6.45) is 2.30. The summed E-state index contributed by atoms with van der Waals surface area (Å²) in [5, 5.41) is 16.3. The zero-order valence-corrected chi connectivity index (χ0v) is 13.5. The van der Waals surface area contributed by atoms with Crippen LogP contribution in [-0.4, -0.2) is 24.1 Å². The van der Waals surface area contributed by atoms with Gasteiger partial charge in [0.15, 0.2) is 0 Å². The van der Waals surface area contributed by atoms with Gasteiger partial charge in [-0.25, -0.2) is 4.79 Å². The lowest BCUT2D eigenvalue weighted by molar-refractivity contribution is -0.309. The molecule has 1 rings (SSSR count). The summed E-state index contributed by atoms with van der Waals surface area (Å²) in [7, 11) is 0. The number of aryl methyl sites for hydroxylation is 1. The zero-order chi connectivity index (χ0) is 16.5. The number of amides is 2. The molecule has 0 aromatic heterocycles. The second kappa shape index (κ2) is 9.07. The molecular weight excluding hydrogens is 280 g/mol. The van der Waals surface area contributed by atoms with Gasteiger partial charge in [0.2, 0.25) is 0 Å². The molecule has 0 spiro atoms. The lowest BCUT2D eigenvalue weighted by atomic mass is 9.99. The monoisotopic (exact) mass is 305 g/mol. The van der Waals surface area contributed by atoms with E-state index in [1.165, 1.54) is 5.56 Å². The minimum Gasteiger partial charge on any atom is -0.548 e. The Kier molecular flexibility index (Phi) is 7.43. The van der Waals surface area contributed by atoms with Crippen molar-refractivity contribution in [2.75, 3.05) is 0 Å². The van der Waals surface area contributed by atoms with Gasteiger partial charge in [0.25, 0.3) is 0 Å². The van der Waals surface area contributed by atoms with Gasteiger partial charge in [0.05, 0.1) is 12.0 Å². The van der Waals surface area contributed by atoms with Crippen LogP contribution in [0.1, 0.15) is 39.2 Å². The van der Waals surface area contributed by atoms with E-state index >= 15 is 0 Å². The molecule has 0 aliphatic rings. The molecule has 2 N–H and O–H groups in total. The van der Waals surface area contributed by atoms with E-state index in [1.54, 1.807) is 6.92 Å². The van der Waals surface area contributed by atoms with E-state index in [9.17, 15) is 14.7 Å². The Labute approximate surface area is 132 Å². The van der Waals surface area contributed by atoms with Crippen LogP contribution < -0.4 is 15.7 Å². The number of urea groups is 1. The van der Waals surface area contributed by atoms with Crippen LogP contribution in [-0.2, 0) is 11.2 Å². The summed E-state index contributed by atoms with van der Waals surface area (Å²) in [5.74, 6) is -1.42. The molecule has 0 aliphatic heterocycles. The molecule has 122 valence electrons. The second-order valence-electron chi connectivity index (χ2n) is 5.73. The summed E-state index contributed by atoms with van der Waals surface area (Å²) in [6.45, 7) is 5.56. The number of carbonyl (C=O) groups excluding carboxylic acids is 2. The Morgan fingerprint density at radius 2 is 1.77 bits per heavy atom. The molecule has 1 aromatic carbocycles. The van der Waals surface area contributed by atoms with Crippen molar-refractivity contribution in [3.05, 3.63) is 35.9 Å². The van der Waals surface area contributed by atoms with Crippen LogP contribution in [0, 0.1) is 5.92 Å². The van der Waals surface area contributed by atoms with Gasteiger partial charge in [-0.15, -0.1) is 0 Å². The number of hydrogen-bond acceptors (Lipinski definition) is 3. The topological polar surface area (TPSA) is 81.3 Å². The minimum absolute atomic E-state index is 0.0421. The number of benzene rings is 1. The molecule has 1 aromatic rings. The van der Waals surface area contributed by atoms with Gasteiger partial charge in [-0.05, 0) is 31.2 Å². The van der Waals surface area contributed by atoms with Crippen LogP contribution in [0.25, 0.3) is 0 Å². The molecule has 5 nitrogen and oxygen atoms in total. The van der Waals surface area contributed by atoms with Gasteiger partial charge in [0, 0.05) is 6.04 Å². The molecule has 3 atom stereocenters. The highest BCUT2D eigenvalue weighted by molar-refractivity contribution is 5.81.